The first-order valence-corrected chi connectivity index (χ1v) is 9.98. The molecule has 0 aliphatic heterocycles. The van der Waals surface area contributed by atoms with Crippen LogP contribution in [0.15, 0.2) is 77.6 Å². The van der Waals surface area contributed by atoms with Gasteiger partial charge in [-0.25, -0.2) is 4.68 Å². The lowest BCUT2D eigenvalue weighted by Crippen LogP contribution is -2.33. The number of fused-ring (bicyclic) bond motifs is 1. The van der Waals surface area contributed by atoms with E-state index in [1.807, 2.05) is 67.6 Å². The van der Waals surface area contributed by atoms with Crippen LogP contribution < -0.4 is 10.9 Å². The van der Waals surface area contributed by atoms with Gasteiger partial charge in [-0.1, -0.05) is 77.8 Å². The van der Waals surface area contributed by atoms with Crippen LogP contribution in [-0.4, -0.2) is 15.7 Å². The zero-order valence-electron chi connectivity index (χ0n) is 16.4. The number of aromatic nitrogens is 2. The molecule has 0 aliphatic carbocycles. The van der Waals surface area contributed by atoms with Crippen molar-refractivity contribution in [2.24, 2.45) is 0 Å². The van der Waals surface area contributed by atoms with E-state index in [4.69, 9.17) is 11.6 Å². The van der Waals surface area contributed by atoms with Gasteiger partial charge in [0.2, 0.25) is 5.91 Å². The summed E-state index contributed by atoms with van der Waals surface area (Å²) in [7, 11) is 0. The van der Waals surface area contributed by atoms with Gasteiger partial charge in [-0.15, -0.1) is 0 Å². The minimum absolute atomic E-state index is 0.174. The summed E-state index contributed by atoms with van der Waals surface area (Å²) in [6.07, 6.45) is 0. The van der Waals surface area contributed by atoms with Gasteiger partial charge in [0, 0.05) is 22.5 Å². The number of hydrogen-bond donors (Lipinski definition) is 1. The lowest BCUT2D eigenvalue weighted by atomic mass is 10.0. The van der Waals surface area contributed by atoms with Crippen molar-refractivity contribution in [1.82, 2.24) is 15.1 Å². The van der Waals surface area contributed by atoms with Crippen LogP contribution in [-0.2, 0) is 17.9 Å². The molecule has 0 radical (unpaired) electrons. The van der Waals surface area contributed by atoms with Crippen molar-refractivity contribution >= 4 is 28.3 Å². The van der Waals surface area contributed by atoms with Gasteiger partial charge in [0.15, 0.2) is 0 Å². The smallest absolute Gasteiger partial charge is 0.275 e. The predicted molar refractivity (Wildman–Crippen MR) is 119 cm³/mol. The summed E-state index contributed by atoms with van der Waals surface area (Å²) >= 11 is 6.14. The molecule has 1 N–H and O–H groups in total. The number of amides is 1. The average molecular weight is 418 g/mol. The van der Waals surface area contributed by atoms with Crippen LogP contribution in [0, 0.1) is 6.92 Å². The third-order valence-electron chi connectivity index (χ3n) is 4.92. The maximum absolute atomic E-state index is 12.9. The molecule has 1 amide bonds. The van der Waals surface area contributed by atoms with Gasteiger partial charge in [-0.05, 0) is 24.6 Å². The summed E-state index contributed by atoms with van der Waals surface area (Å²) in [6.45, 7) is 2.12. The van der Waals surface area contributed by atoms with Crippen molar-refractivity contribution in [3.8, 4) is 11.3 Å². The van der Waals surface area contributed by atoms with E-state index >= 15 is 0 Å². The Labute approximate surface area is 178 Å². The van der Waals surface area contributed by atoms with E-state index in [1.54, 1.807) is 12.1 Å². The van der Waals surface area contributed by atoms with Crippen LogP contribution >= 0.6 is 11.6 Å². The summed E-state index contributed by atoms with van der Waals surface area (Å²) in [6, 6.07) is 22.6. The molecule has 0 unspecified atom stereocenters. The molecule has 30 heavy (non-hydrogen) atoms. The Kier molecular flexibility index (Phi) is 5.63. The molecule has 0 saturated carbocycles. The molecule has 0 atom stereocenters. The summed E-state index contributed by atoms with van der Waals surface area (Å²) in [4.78, 5) is 25.5. The summed E-state index contributed by atoms with van der Waals surface area (Å²) in [5.41, 5.74) is 3.21. The van der Waals surface area contributed by atoms with Gasteiger partial charge in [0.25, 0.3) is 5.56 Å². The average Bonchev–Trinajstić information content (AvgIpc) is 2.76. The first-order chi connectivity index (χ1) is 14.5. The third-order valence-corrected chi connectivity index (χ3v) is 5.29. The fourth-order valence-electron chi connectivity index (χ4n) is 3.29. The predicted octanol–water partition coefficient (Wildman–Crippen LogP) is 4.34. The van der Waals surface area contributed by atoms with Gasteiger partial charge in [-0.3, -0.25) is 9.59 Å². The zero-order chi connectivity index (χ0) is 21.1. The highest BCUT2D eigenvalue weighted by Crippen LogP contribution is 2.24. The Balaban J connectivity index is 1.66. The molecule has 150 valence electrons. The minimum Gasteiger partial charge on any atom is -0.350 e. The SMILES string of the molecule is Cc1ccc(-c2nn(CC(=O)NCc3ccccc3Cl)c(=O)c3ccccc23)cc1. The maximum Gasteiger partial charge on any atom is 0.275 e. The lowest BCUT2D eigenvalue weighted by molar-refractivity contribution is -0.122. The first-order valence-electron chi connectivity index (χ1n) is 9.60. The summed E-state index contributed by atoms with van der Waals surface area (Å²) in [5, 5.41) is 9.21. The quantitative estimate of drug-likeness (QED) is 0.525. The molecule has 0 bridgehead atoms. The second-order valence-corrected chi connectivity index (χ2v) is 7.50. The van der Waals surface area contributed by atoms with E-state index in [1.165, 1.54) is 4.68 Å². The summed E-state index contributed by atoms with van der Waals surface area (Å²) in [5.74, 6) is -0.311. The van der Waals surface area contributed by atoms with Crippen molar-refractivity contribution < 1.29 is 4.79 Å². The molecule has 0 fully saturated rings. The highest BCUT2D eigenvalue weighted by molar-refractivity contribution is 6.31. The molecule has 6 heteroatoms. The van der Waals surface area contributed by atoms with Crippen molar-refractivity contribution in [2.45, 2.75) is 20.0 Å². The van der Waals surface area contributed by atoms with Gasteiger partial charge in [0.1, 0.15) is 6.54 Å². The molecule has 4 rings (SSSR count). The second-order valence-electron chi connectivity index (χ2n) is 7.09. The maximum atomic E-state index is 12.9. The van der Waals surface area contributed by atoms with Crippen LogP contribution in [0.5, 0.6) is 0 Å². The Hall–Kier alpha value is -3.44. The topological polar surface area (TPSA) is 64.0 Å². The molecule has 0 saturated heterocycles. The van der Waals surface area contributed by atoms with Crippen molar-refractivity contribution in [1.29, 1.82) is 0 Å². The number of carbonyl (C=O) groups is 1. The highest BCUT2D eigenvalue weighted by Gasteiger charge is 2.14. The van der Waals surface area contributed by atoms with E-state index in [0.29, 0.717) is 16.1 Å². The number of hydrogen-bond acceptors (Lipinski definition) is 3. The molecule has 1 heterocycles. The number of benzene rings is 3. The molecule has 1 aromatic heterocycles. The zero-order valence-corrected chi connectivity index (χ0v) is 17.2. The first kappa shape index (κ1) is 19.9. The Morgan fingerprint density at radius 3 is 2.37 bits per heavy atom. The fourth-order valence-corrected chi connectivity index (χ4v) is 3.50. The van der Waals surface area contributed by atoms with E-state index in [-0.39, 0.29) is 24.6 Å². The van der Waals surface area contributed by atoms with Crippen LogP contribution in [0.25, 0.3) is 22.0 Å². The monoisotopic (exact) mass is 417 g/mol. The number of halogens is 1. The molecular formula is C24H20ClN3O2. The number of nitrogens with zero attached hydrogens (tertiary/aromatic N) is 2. The highest BCUT2D eigenvalue weighted by atomic mass is 35.5. The fraction of sp³-hybridized carbons (Fsp3) is 0.125. The Bertz CT molecular complexity index is 1280. The third kappa shape index (κ3) is 4.11. The minimum atomic E-state index is -0.311. The van der Waals surface area contributed by atoms with E-state index in [2.05, 4.69) is 10.4 Å². The van der Waals surface area contributed by atoms with Gasteiger partial charge < -0.3 is 5.32 Å². The molecule has 3 aromatic carbocycles. The molecule has 4 aromatic rings. The van der Waals surface area contributed by atoms with E-state index < -0.39 is 0 Å². The standard InChI is InChI=1S/C24H20ClN3O2/c1-16-10-12-17(13-11-16)23-19-7-3-4-8-20(19)24(30)28(27-23)15-22(29)26-14-18-6-2-5-9-21(18)25/h2-13H,14-15H2,1H3,(H,26,29). The van der Waals surface area contributed by atoms with Gasteiger partial charge in [0.05, 0.1) is 11.1 Å². The number of carbonyl (C=O) groups excluding carboxylic acids is 1. The lowest BCUT2D eigenvalue weighted by Gasteiger charge is -2.12. The van der Waals surface area contributed by atoms with Crippen LogP contribution in [0.4, 0.5) is 0 Å². The van der Waals surface area contributed by atoms with Gasteiger partial charge in [-0.2, -0.15) is 5.10 Å². The number of rotatable bonds is 5. The molecular weight excluding hydrogens is 398 g/mol. The second kappa shape index (κ2) is 8.51. The summed E-state index contributed by atoms with van der Waals surface area (Å²) < 4.78 is 1.22. The Morgan fingerprint density at radius 2 is 1.63 bits per heavy atom. The van der Waals surface area contributed by atoms with Gasteiger partial charge >= 0.3 is 0 Å². The van der Waals surface area contributed by atoms with Crippen LogP contribution in [0.1, 0.15) is 11.1 Å². The normalized spacial score (nSPS) is 10.9. The molecule has 0 aliphatic rings. The van der Waals surface area contributed by atoms with Crippen molar-refractivity contribution in [3.63, 3.8) is 0 Å². The van der Waals surface area contributed by atoms with E-state index in [0.717, 1.165) is 22.1 Å². The molecule has 5 nitrogen and oxygen atoms in total. The molecule has 0 spiro atoms. The number of aryl methyl sites for hydroxylation is 1. The number of nitrogens with one attached hydrogen (secondary N) is 1. The van der Waals surface area contributed by atoms with Crippen LogP contribution in [0.3, 0.4) is 0 Å². The largest absolute Gasteiger partial charge is 0.350 e. The van der Waals surface area contributed by atoms with E-state index in [9.17, 15) is 9.59 Å². The van der Waals surface area contributed by atoms with Crippen molar-refractivity contribution in [3.05, 3.63) is 99.3 Å². The Morgan fingerprint density at radius 1 is 0.967 bits per heavy atom. The van der Waals surface area contributed by atoms with Crippen LogP contribution in [0.2, 0.25) is 5.02 Å². The van der Waals surface area contributed by atoms with Crippen molar-refractivity contribution in [2.75, 3.05) is 0 Å².